The molecule has 3 saturated heterocycles. The fraction of sp³-hybridized carbons (Fsp3) is 0.476. The second-order valence-corrected chi connectivity index (χ2v) is 16.9. The molecule has 298 valence electrons. The monoisotopic (exact) mass is 777 g/mol. The van der Waals surface area contributed by atoms with Crippen molar-refractivity contribution in [2.45, 2.75) is 70.5 Å². The highest BCUT2D eigenvalue weighted by molar-refractivity contribution is 6.05. The highest BCUT2D eigenvalue weighted by Crippen LogP contribution is 2.35. The smallest absolute Gasteiger partial charge is 0.320 e. The lowest BCUT2D eigenvalue weighted by Crippen LogP contribution is -2.64. The summed E-state index contributed by atoms with van der Waals surface area (Å²) in [5.41, 5.74) is 5.64. The molecule has 2 aromatic heterocycles. The molecule has 57 heavy (non-hydrogen) atoms. The molecule has 4 aromatic rings. The van der Waals surface area contributed by atoms with Crippen LogP contribution in [-0.2, 0) is 29.0 Å². The zero-order valence-corrected chi connectivity index (χ0v) is 32.4. The van der Waals surface area contributed by atoms with Crippen molar-refractivity contribution >= 4 is 40.5 Å². The quantitative estimate of drug-likeness (QED) is 0.254. The van der Waals surface area contributed by atoms with Crippen LogP contribution in [0.15, 0.2) is 42.5 Å². The number of hydrogen-bond donors (Lipinski definition) is 3. The van der Waals surface area contributed by atoms with E-state index in [4.69, 9.17) is 0 Å². The number of aromatic amines is 1. The van der Waals surface area contributed by atoms with Crippen LogP contribution in [0.2, 0.25) is 0 Å². The van der Waals surface area contributed by atoms with Crippen molar-refractivity contribution in [1.82, 2.24) is 40.1 Å². The van der Waals surface area contributed by atoms with Crippen molar-refractivity contribution in [2.75, 3.05) is 57.3 Å². The van der Waals surface area contributed by atoms with Gasteiger partial charge < -0.3 is 29.7 Å². The second kappa shape index (κ2) is 14.4. The Morgan fingerprint density at radius 3 is 2.53 bits per heavy atom. The summed E-state index contributed by atoms with van der Waals surface area (Å²) in [6.07, 6.45) is 3.96. The van der Waals surface area contributed by atoms with Crippen LogP contribution in [0.4, 0.5) is 14.9 Å². The number of benzene rings is 2. The molecule has 5 aliphatic heterocycles. The van der Waals surface area contributed by atoms with Gasteiger partial charge in [-0.2, -0.15) is 0 Å². The summed E-state index contributed by atoms with van der Waals surface area (Å²) in [7, 11) is 0. The topological polar surface area (TPSA) is 158 Å². The number of phenols is 1. The third kappa shape index (κ3) is 6.85. The number of nitrogens with zero attached hydrogens (tertiary/aromatic N) is 7. The van der Waals surface area contributed by atoms with Gasteiger partial charge in [-0.25, -0.2) is 9.18 Å². The van der Waals surface area contributed by atoms with E-state index in [1.54, 1.807) is 11.0 Å². The average molecular weight is 778 g/mol. The highest BCUT2D eigenvalue weighted by Gasteiger charge is 2.41. The molecule has 3 fully saturated rings. The van der Waals surface area contributed by atoms with E-state index in [-0.39, 0.29) is 35.4 Å². The van der Waals surface area contributed by atoms with Gasteiger partial charge in [0.25, 0.3) is 5.91 Å². The number of carbonyl (C=O) groups excluding carboxylic acids is 4. The van der Waals surface area contributed by atoms with Crippen LogP contribution >= 0.6 is 0 Å². The lowest BCUT2D eigenvalue weighted by molar-refractivity contribution is -0.136. The molecular weight excluding hydrogens is 730 g/mol. The predicted molar refractivity (Wildman–Crippen MR) is 210 cm³/mol. The van der Waals surface area contributed by atoms with Crippen LogP contribution < -0.4 is 10.2 Å². The first-order valence-electron chi connectivity index (χ1n) is 20.1. The van der Waals surface area contributed by atoms with E-state index >= 15 is 0 Å². The molecule has 0 bridgehead atoms. The van der Waals surface area contributed by atoms with Crippen LogP contribution in [-0.4, -0.2) is 128 Å². The summed E-state index contributed by atoms with van der Waals surface area (Å²) >= 11 is 0. The number of H-pyrrole nitrogens is 1. The Kier molecular flexibility index (Phi) is 9.37. The lowest BCUT2D eigenvalue weighted by Gasteiger charge is -2.49. The molecule has 0 unspecified atom stereocenters. The van der Waals surface area contributed by atoms with Crippen LogP contribution in [0, 0.1) is 11.7 Å². The van der Waals surface area contributed by atoms with Gasteiger partial charge >= 0.3 is 6.03 Å². The number of urea groups is 1. The molecule has 2 aromatic carbocycles. The van der Waals surface area contributed by atoms with E-state index in [1.807, 2.05) is 28.0 Å². The van der Waals surface area contributed by atoms with Gasteiger partial charge in [-0.15, -0.1) is 10.2 Å². The third-order valence-corrected chi connectivity index (χ3v) is 12.8. The average Bonchev–Trinajstić information content (AvgIpc) is 3.62. The first-order valence-corrected chi connectivity index (χ1v) is 20.1. The molecule has 0 spiro atoms. The first-order chi connectivity index (χ1) is 27.4. The molecule has 15 heteroatoms. The number of aromatic hydroxyl groups is 1. The van der Waals surface area contributed by atoms with Gasteiger partial charge in [0.2, 0.25) is 11.8 Å². The SMILES string of the molecule is CC1(C)CN(CC2CCN(c3ccc4c(c3)C(=O)N([C@H]3CCC(=O)NC3=O)C4)CC2)CCN1C(=O)N1CCc2[nH]c3nnc(-c4cccc(F)c4O)cc3c2CC1. The van der Waals surface area contributed by atoms with E-state index in [9.17, 15) is 28.7 Å². The number of fused-ring (bicyclic) bond motifs is 4. The number of hydrogen-bond acceptors (Lipinski definition) is 9. The van der Waals surface area contributed by atoms with E-state index in [0.717, 1.165) is 73.5 Å². The van der Waals surface area contributed by atoms with Crippen molar-refractivity contribution in [1.29, 1.82) is 0 Å². The third-order valence-electron chi connectivity index (χ3n) is 12.8. The number of rotatable bonds is 5. The van der Waals surface area contributed by atoms with Gasteiger partial charge in [0.1, 0.15) is 6.04 Å². The maximum atomic E-state index is 14.1. The number of phenolic OH excluding ortho intramolecular Hbond substituents is 1. The second-order valence-electron chi connectivity index (χ2n) is 16.9. The van der Waals surface area contributed by atoms with Crippen LogP contribution in [0.1, 0.15) is 66.7 Å². The Labute approximate surface area is 330 Å². The predicted octanol–water partition coefficient (Wildman–Crippen LogP) is 4.06. The lowest BCUT2D eigenvalue weighted by atomic mass is 9.93. The summed E-state index contributed by atoms with van der Waals surface area (Å²) < 4.78 is 14.1. The summed E-state index contributed by atoms with van der Waals surface area (Å²) in [5, 5.41) is 22.1. The number of aromatic nitrogens is 3. The first kappa shape index (κ1) is 37.0. The number of carbonyl (C=O) groups is 4. The van der Waals surface area contributed by atoms with Crippen molar-refractivity contribution in [3.8, 4) is 17.0 Å². The Bertz CT molecular complexity index is 2280. The number of halogens is 1. The zero-order valence-electron chi connectivity index (χ0n) is 32.4. The van der Waals surface area contributed by atoms with E-state index in [1.165, 1.54) is 12.1 Å². The molecule has 7 heterocycles. The molecule has 1 atom stereocenters. The van der Waals surface area contributed by atoms with Gasteiger partial charge in [-0.3, -0.25) is 24.6 Å². The minimum Gasteiger partial charge on any atom is -0.504 e. The Hall–Kier alpha value is -5.57. The van der Waals surface area contributed by atoms with Gasteiger partial charge in [0, 0.05) is 99.6 Å². The largest absolute Gasteiger partial charge is 0.504 e. The summed E-state index contributed by atoms with van der Waals surface area (Å²) in [5.74, 6) is -1.46. The number of nitrogens with one attached hydrogen (secondary N) is 2. The Balaban J connectivity index is 0.780. The Morgan fingerprint density at radius 1 is 0.930 bits per heavy atom. The number of piperazine rings is 1. The fourth-order valence-corrected chi connectivity index (χ4v) is 9.66. The normalized spacial score (nSPS) is 21.8. The van der Waals surface area contributed by atoms with Crippen LogP contribution in [0.25, 0.3) is 22.3 Å². The summed E-state index contributed by atoms with van der Waals surface area (Å²) in [6.45, 7) is 10.9. The summed E-state index contributed by atoms with van der Waals surface area (Å²) in [6, 6.07) is 11.7. The van der Waals surface area contributed by atoms with Gasteiger partial charge in [-0.1, -0.05) is 12.1 Å². The molecule has 0 saturated carbocycles. The summed E-state index contributed by atoms with van der Waals surface area (Å²) in [4.78, 5) is 65.5. The molecule has 5 aliphatic rings. The highest BCUT2D eigenvalue weighted by atomic mass is 19.1. The van der Waals surface area contributed by atoms with E-state index < -0.39 is 23.5 Å². The molecular formula is C42H48FN9O5. The molecule has 9 rings (SSSR count). The molecule has 5 amide bonds. The maximum Gasteiger partial charge on any atom is 0.320 e. The fourth-order valence-electron chi connectivity index (χ4n) is 9.66. The van der Waals surface area contributed by atoms with Crippen molar-refractivity contribution in [2.24, 2.45) is 5.92 Å². The molecule has 3 N–H and O–H groups in total. The minimum absolute atomic E-state index is 0.0561. The zero-order chi connectivity index (χ0) is 39.6. The molecule has 0 radical (unpaired) electrons. The maximum absolute atomic E-state index is 14.1. The standard InChI is InChI=1S/C42H48FN9O5/c1-42(2)24-48(22-25-10-14-49(15-11-25)27-7-6-26-23-51(40(56)30(26)20-27)35-8-9-36(53)45-39(35)55)18-19-52(42)41(57)50-16-12-28-31-21-34(29-4-3-5-32(43)37(29)54)46-47-38(31)44-33(28)13-17-50/h3-7,20-21,25,35,54H,8-19,22-24H2,1-2H3,(H,44,47)(H,45,53,55)/t35-/m0/s1. The number of amides is 5. The van der Waals surface area contributed by atoms with Gasteiger partial charge in [0.15, 0.2) is 17.2 Å². The van der Waals surface area contributed by atoms with E-state index in [0.29, 0.717) is 68.3 Å². The van der Waals surface area contributed by atoms with E-state index in [2.05, 4.69) is 50.2 Å². The molecule has 14 nitrogen and oxygen atoms in total. The number of anilines is 1. The van der Waals surface area contributed by atoms with Crippen LogP contribution in [0.5, 0.6) is 5.75 Å². The van der Waals surface area contributed by atoms with Crippen molar-refractivity contribution in [3.05, 3.63) is 70.7 Å². The molecule has 0 aliphatic carbocycles. The number of para-hydroxylation sites is 1. The number of imide groups is 1. The number of piperidine rings is 2. The van der Waals surface area contributed by atoms with Gasteiger partial charge in [0.05, 0.1) is 11.2 Å². The van der Waals surface area contributed by atoms with Crippen LogP contribution in [0.3, 0.4) is 0 Å². The van der Waals surface area contributed by atoms with Gasteiger partial charge in [-0.05, 0) is 86.9 Å². The minimum atomic E-state index is -0.711. The van der Waals surface area contributed by atoms with Crippen molar-refractivity contribution in [3.63, 3.8) is 0 Å². The Morgan fingerprint density at radius 2 is 1.74 bits per heavy atom. The van der Waals surface area contributed by atoms with Crippen molar-refractivity contribution < 1.29 is 28.7 Å².